The standard InChI is InChI=1S/C9H15NO4.C2H6/c1-6(11)8(10-9(12)13-2)7-3-4-14-5-7;1-2/h7-8H,3-5H2,1-2H3,(H,10,12);1-2H3. The molecule has 1 amide bonds. The topological polar surface area (TPSA) is 64.6 Å². The average molecular weight is 231 g/mol. The Morgan fingerprint density at radius 2 is 2.06 bits per heavy atom. The van der Waals surface area contributed by atoms with Crippen molar-refractivity contribution in [3.8, 4) is 0 Å². The Morgan fingerprint density at radius 1 is 1.44 bits per heavy atom. The quantitative estimate of drug-likeness (QED) is 0.796. The molecule has 0 bridgehead atoms. The molecular weight excluding hydrogens is 210 g/mol. The molecule has 0 spiro atoms. The van der Waals surface area contributed by atoms with Crippen molar-refractivity contribution in [2.45, 2.75) is 33.2 Å². The summed E-state index contributed by atoms with van der Waals surface area (Å²) in [7, 11) is 1.28. The Labute approximate surface area is 96.5 Å². The second-order valence-corrected chi connectivity index (χ2v) is 3.35. The van der Waals surface area contributed by atoms with Crippen LogP contribution in [-0.2, 0) is 14.3 Å². The number of Topliss-reactive ketones (excluding diaryl/α,β-unsaturated/α-hetero) is 1. The lowest BCUT2D eigenvalue weighted by molar-refractivity contribution is -0.120. The Bertz CT molecular complexity index is 224. The largest absolute Gasteiger partial charge is 0.453 e. The third kappa shape index (κ3) is 4.61. The van der Waals surface area contributed by atoms with Crippen molar-refractivity contribution in [1.29, 1.82) is 0 Å². The third-order valence-electron chi connectivity index (χ3n) is 2.33. The molecule has 5 nitrogen and oxygen atoms in total. The molecule has 1 saturated heterocycles. The number of ether oxygens (including phenoxy) is 2. The van der Waals surface area contributed by atoms with Gasteiger partial charge in [0.25, 0.3) is 0 Å². The number of rotatable bonds is 3. The zero-order chi connectivity index (χ0) is 12.6. The predicted molar refractivity (Wildman–Crippen MR) is 60.3 cm³/mol. The normalized spacial score (nSPS) is 20.4. The second kappa shape index (κ2) is 8.10. The summed E-state index contributed by atoms with van der Waals surface area (Å²) in [5.74, 6) is 0.0116. The second-order valence-electron chi connectivity index (χ2n) is 3.35. The molecule has 1 N–H and O–H groups in total. The van der Waals surface area contributed by atoms with E-state index in [2.05, 4.69) is 10.1 Å². The van der Waals surface area contributed by atoms with Crippen LogP contribution in [0.5, 0.6) is 0 Å². The Kier molecular flexibility index (Phi) is 7.54. The Hall–Kier alpha value is -1.10. The number of hydrogen-bond donors (Lipinski definition) is 1. The van der Waals surface area contributed by atoms with Crippen LogP contribution in [0.2, 0.25) is 0 Å². The van der Waals surface area contributed by atoms with Crippen LogP contribution in [0.15, 0.2) is 0 Å². The van der Waals surface area contributed by atoms with E-state index in [4.69, 9.17) is 4.74 Å². The number of carbonyl (C=O) groups excluding carboxylic acids is 2. The third-order valence-corrected chi connectivity index (χ3v) is 2.33. The van der Waals surface area contributed by atoms with Crippen LogP contribution in [0.3, 0.4) is 0 Å². The summed E-state index contributed by atoms with van der Waals surface area (Å²) in [4.78, 5) is 22.2. The lowest BCUT2D eigenvalue weighted by atomic mass is 9.96. The van der Waals surface area contributed by atoms with Gasteiger partial charge in [-0.05, 0) is 13.3 Å². The highest BCUT2D eigenvalue weighted by molar-refractivity contribution is 5.85. The van der Waals surface area contributed by atoms with Crippen LogP contribution in [0.1, 0.15) is 27.2 Å². The van der Waals surface area contributed by atoms with E-state index in [1.807, 2.05) is 13.8 Å². The maximum atomic E-state index is 11.3. The fourth-order valence-electron chi connectivity index (χ4n) is 1.55. The fourth-order valence-corrected chi connectivity index (χ4v) is 1.55. The van der Waals surface area contributed by atoms with Gasteiger partial charge in [-0.25, -0.2) is 4.79 Å². The highest BCUT2D eigenvalue weighted by atomic mass is 16.5. The average Bonchev–Trinajstić information content (AvgIpc) is 2.81. The van der Waals surface area contributed by atoms with E-state index in [1.165, 1.54) is 14.0 Å². The monoisotopic (exact) mass is 231 g/mol. The molecule has 16 heavy (non-hydrogen) atoms. The number of nitrogens with one attached hydrogen (secondary N) is 1. The fraction of sp³-hybridized carbons (Fsp3) is 0.818. The van der Waals surface area contributed by atoms with E-state index in [0.29, 0.717) is 13.2 Å². The van der Waals surface area contributed by atoms with Gasteiger partial charge in [-0.15, -0.1) is 0 Å². The molecule has 1 rings (SSSR count). The van der Waals surface area contributed by atoms with Gasteiger partial charge in [0.15, 0.2) is 5.78 Å². The Morgan fingerprint density at radius 3 is 2.44 bits per heavy atom. The molecule has 94 valence electrons. The van der Waals surface area contributed by atoms with Crippen molar-refractivity contribution in [3.05, 3.63) is 0 Å². The minimum absolute atomic E-state index is 0.0640. The maximum absolute atomic E-state index is 11.3. The van der Waals surface area contributed by atoms with E-state index < -0.39 is 12.1 Å². The van der Waals surface area contributed by atoms with E-state index in [9.17, 15) is 9.59 Å². The summed E-state index contributed by atoms with van der Waals surface area (Å²) in [6.07, 6.45) is 0.228. The zero-order valence-corrected chi connectivity index (χ0v) is 10.4. The number of carbonyl (C=O) groups is 2. The number of alkyl carbamates (subject to hydrolysis) is 1. The van der Waals surface area contributed by atoms with Crippen LogP contribution in [0.25, 0.3) is 0 Å². The first-order chi connectivity index (χ1) is 7.65. The molecule has 0 aromatic carbocycles. The molecule has 1 fully saturated rings. The molecule has 1 heterocycles. The highest BCUT2D eigenvalue weighted by Gasteiger charge is 2.30. The highest BCUT2D eigenvalue weighted by Crippen LogP contribution is 2.17. The summed E-state index contributed by atoms with van der Waals surface area (Å²) in [6, 6.07) is -0.482. The van der Waals surface area contributed by atoms with Gasteiger partial charge < -0.3 is 14.8 Å². The van der Waals surface area contributed by atoms with Gasteiger partial charge in [0.05, 0.1) is 19.8 Å². The molecular formula is C11H21NO4. The lowest BCUT2D eigenvalue weighted by Gasteiger charge is -2.19. The van der Waals surface area contributed by atoms with Crippen LogP contribution < -0.4 is 5.32 Å². The lowest BCUT2D eigenvalue weighted by Crippen LogP contribution is -2.45. The van der Waals surface area contributed by atoms with Gasteiger partial charge in [-0.1, -0.05) is 13.8 Å². The van der Waals surface area contributed by atoms with Gasteiger partial charge in [0, 0.05) is 12.5 Å². The molecule has 2 unspecified atom stereocenters. The minimum Gasteiger partial charge on any atom is -0.453 e. The number of ketones is 1. The van der Waals surface area contributed by atoms with E-state index in [-0.39, 0.29) is 11.7 Å². The van der Waals surface area contributed by atoms with Crippen LogP contribution in [0.4, 0.5) is 4.79 Å². The summed E-state index contributed by atoms with van der Waals surface area (Å²) >= 11 is 0. The van der Waals surface area contributed by atoms with Crippen molar-refractivity contribution in [2.24, 2.45) is 5.92 Å². The number of methoxy groups -OCH3 is 1. The smallest absolute Gasteiger partial charge is 0.407 e. The molecule has 0 aliphatic carbocycles. The molecule has 2 atom stereocenters. The van der Waals surface area contributed by atoms with Gasteiger partial charge in [0.2, 0.25) is 0 Å². The number of amides is 1. The van der Waals surface area contributed by atoms with Crippen molar-refractivity contribution in [2.75, 3.05) is 20.3 Å². The molecule has 0 aromatic heterocycles. The van der Waals surface area contributed by atoms with Crippen LogP contribution in [-0.4, -0.2) is 38.2 Å². The molecule has 1 aliphatic rings. The number of hydrogen-bond acceptors (Lipinski definition) is 4. The maximum Gasteiger partial charge on any atom is 0.407 e. The van der Waals surface area contributed by atoms with Gasteiger partial charge in [-0.3, -0.25) is 4.79 Å². The summed E-state index contributed by atoms with van der Waals surface area (Å²) in [5.41, 5.74) is 0. The molecule has 0 radical (unpaired) electrons. The zero-order valence-electron chi connectivity index (χ0n) is 10.4. The Balaban J connectivity index is 0.00000106. The van der Waals surface area contributed by atoms with Crippen molar-refractivity contribution < 1.29 is 19.1 Å². The predicted octanol–water partition coefficient (Wildman–Crippen LogP) is 1.36. The molecule has 1 aliphatic heterocycles. The first-order valence-corrected chi connectivity index (χ1v) is 5.58. The van der Waals surface area contributed by atoms with E-state index in [0.717, 1.165) is 6.42 Å². The van der Waals surface area contributed by atoms with E-state index in [1.54, 1.807) is 0 Å². The van der Waals surface area contributed by atoms with Crippen molar-refractivity contribution in [3.63, 3.8) is 0 Å². The van der Waals surface area contributed by atoms with Gasteiger partial charge in [0.1, 0.15) is 0 Å². The SMILES string of the molecule is CC.COC(=O)NC(C(C)=O)C1CCOC1. The van der Waals surface area contributed by atoms with Crippen LogP contribution >= 0.6 is 0 Å². The van der Waals surface area contributed by atoms with Crippen molar-refractivity contribution >= 4 is 11.9 Å². The van der Waals surface area contributed by atoms with Gasteiger partial charge in [-0.2, -0.15) is 0 Å². The molecule has 5 heteroatoms. The first kappa shape index (κ1) is 14.9. The molecule has 0 saturated carbocycles. The first-order valence-electron chi connectivity index (χ1n) is 5.58. The van der Waals surface area contributed by atoms with Crippen molar-refractivity contribution in [1.82, 2.24) is 5.32 Å². The summed E-state index contributed by atoms with van der Waals surface area (Å²) in [6.45, 7) is 6.63. The molecule has 0 aromatic rings. The van der Waals surface area contributed by atoms with Gasteiger partial charge >= 0.3 is 6.09 Å². The minimum atomic E-state index is -0.572. The summed E-state index contributed by atoms with van der Waals surface area (Å²) < 4.78 is 9.61. The van der Waals surface area contributed by atoms with Crippen LogP contribution in [0, 0.1) is 5.92 Å². The summed E-state index contributed by atoms with van der Waals surface area (Å²) in [5, 5.41) is 2.52. The van der Waals surface area contributed by atoms with E-state index >= 15 is 0 Å².